The molecule has 4 heteroatoms. The highest BCUT2D eigenvalue weighted by atomic mass is 16.5. The van der Waals surface area contributed by atoms with E-state index in [-0.39, 0.29) is 0 Å². The van der Waals surface area contributed by atoms with Crippen molar-refractivity contribution in [1.29, 1.82) is 0 Å². The molecule has 0 aromatic heterocycles. The van der Waals surface area contributed by atoms with Crippen LogP contribution in [0.5, 0.6) is 11.5 Å². The zero-order chi connectivity index (χ0) is 15.2. The lowest BCUT2D eigenvalue weighted by Crippen LogP contribution is -2.46. The number of nitrogens with one attached hydrogen (secondary N) is 1. The average Bonchev–Trinajstić information content (AvgIpc) is 2.55. The fourth-order valence-electron chi connectivity index (χ4n) is 3.12. The number of ether oxygens (including phenoxy) is 2. The molecule has 21 heavy (non-hydrogen) atoms. The molecule has 0 spiro atoms. The maximum atomic E-state index is 5.47. The predicted octanol–water partition coefficient (Wildman–Crippen LogP) is 2.70. The standard InChI is InChI=1S/C17H28N2O2/c1-5-13(2)17(19-10-8-18-9-11-19)14-6-7-15(20-3)16(12-14)21-4/h6-7,12-13,17-18H,5,8-11H2,1-4H3/t13?,17-/m1/s1. The second-order valence-electron chi connectivity index (χ2n) is 5.73. The minimum absolute atomic E-state index is 0.442. The van der Waals surface area contributed by atoms with Crippen LogP contribution in [0.4, 0.5) is 0 Å². The normalized spacial score (nSPS) is 19.0. The molecule has 0 bridgehead atoms. The largest absolute Gasteiger partial charge is 0.493 e. The highest BCUT2D eigenvalue weighted by molar-refractivity contribution is 5.44. The van der Waals surface area contributed by atoms with Crippen molar-refractivity contribution in [2.45, 2.75) is 26.3 Å². The summed E-state index contributed by atoms with van der Waals surface area (Å²) in [4.78, 5) is 2.59. The van der Waals surface area contributed by atoms with Crippen LogP contribution in [0.25, 0.3) is 0 Å². The van der Waals surface area contributed by atoms with Gasteiger partial charge in [0.25, 0.3) is 0 Å². The summed E-state index contributed by atoms with van der Waals surface area (Å²) in [6, 6.07) is 6.78. The van der Waals surface area contributed by atoms with Gasteiger partial charge in [0.15, 0.2) is 11.5 Å². The van der Waals surface area contributed by atoms with Crippen molar-refractivity contribution in [2.75, 3.05) is 40.4 Å². The number of benzene rings is 1. The van der Waals surface area contributed by atoms with Gasteiger partial charge in [0.1, 0.15) is 0 Å². The Balaban J connectivity index is 2.31. The second-order valence-corrected chi connectivity index (χ2v) is 5.73. The van der Waals surface area contributed by atoms with Gasteiger partial charge in [-0.05, 0) is 23.6 Å². The summed E-state index contributed by atoms with van der Waals surface area (Å²) >= 11 is 0. The quantitative estimate of drug-likeness (QED) is 0.874. The van der Waals surface area contributed by atoms with Crippen molar-refractivity contribution in [3.63, 3.8) is 0 Å². The van der Waals surface area contributed by atoms with E-state index in [1.165, 1.54) is 12.0 Å². The first-order valence-electron chi connectivity index (χ1n) is 7.88. The number of hydrogen-bond donors (Lipinski definition) is 1. The van der Waals surface area contributed by atoms with Gasteiger partial charge < -0.3 is 14.8 Å². The van der Waals surface area contributed by atoms with Crippen LogP contribution in [0.1, 0.15) is 31.9 Å². The van der Waals surface area contributed by atoms with Gasteiger partial charge in [-0.3, -0.25) is 4.90 Å². The predicted molar refractivity (Wildman–Crippen MR) is 86.2 cm³/mol. The summed E-state index contributed by atoms with van der Waals surface area (Å²) in [6.45, 7) is 8.94. The first-order chi connectivity index (χ1) is 10.2. The molecule has 1 aromatic carbocycles. The van der Waals surface area contributed by atoms with E-state index in [1.54, 1.807) is 14.2 Å². The molecular formula is C17H28N2O2. The molecule has 0 aliphatic carbocycles. The van der Waals surface area contributed by atoms with Crippen LogP contribution in [0.2, 0.25) is 0 Å². The minimum atomic E-state index is 0.442. The highest BCUT2D eigenvalue weighted by Crippen LogP contribution is 2.36. The molecule has 1 saturated heterocycles. The first-order valence-corrected chi connectivity index (χ1v) is 7.88. The molecule has 1 unspecified atom stereocenters. The smallest absolute Gasteiger partial charge is 0.161 e. The van der Waals surface area contributed by atoms with Gasteiger partial charge in [-0.15, -0.1) is 0 Å². The molecule has 1 N–H and O–H groups in total. The number of piperazine rings is 1. The van der Waals surface area contributed by atoms with Crippen LogP contribution >= 0.6 is 0 Å². The molecule has 0 saturated carbocycles. The summed E-state index contributed by atoms with van der Waals surface area (Å²) in [6.07, 6.45) is 1.17. The Bertz CT molecular complexity index is 444. The fourth-order valence-corrected chi connectivity index (χ4v) is 3.12. The van der Waals surface area contributed by atoms with E-state index in [9.17, 15) is 0 Å². The Kier molecular flexibility index (Phi) is 5.88. The third-order valence-corrected chi connectivity index (χ3v) is 4.48. The highest BCUT2D eigenvalue weighted by Gasteiger charge is 2.27. The molecule has 1 aliphatic heterocycles. The van der Waals surface area contributed by atoms with Crippen LogP contribution < -0.4 is 14.8 Å². The number of hydrogen-bond acceptors (Lipinski definition) is 4. The number of rotatable bonds is 6. The van der Waals surface area contributed by atoms with Gasteiger partial charge in [0, 0.05) is 32.2 Å². The Morgan fingerprint density at radius 1 is 1.14 bits per heavy atom. The topological polar surface area (TPSA) is 33.7 Å². The van der Waals surface area contributed by atoms with Crippen LogP contribution in [-0.4, -0.2) is 45.3 Å². The summed E-state index contributed by atoms with van der Waals surface area (Å²) in [5.41, 5.74) is 1.32. The molecule has 1 fully saturated rings. The molecule has 1 heterocycles. The van der Waals surface area contributed by atoms with Gasteiger partial charge in [-0.25, -0.2) is 0 Å². The summed E-state index contributed by atoms with van der Waals surface area (Å²) < 4.78 is 10.8. The molecule has 0 amide bonds. The summed E-state index contributed by atoms with van der Waals surface area (Å²) in [7, 11) is 3.38. The number of methoxy groups -OCH3 is 2. The summed E-state index contributed by atoms with van der Waals surface area (Å²) in [5.74, 6) is 2.23. The van der Waals surface area contributed by atoms with E-state index in [0.29, 0.717) is 12.0 Å². The van der Waals surface area contributed by atoms with E-state index < -0.39 is 0 Å². The molecule has 2 atom stereocenters. The lowest BCUT2D eigenvalue weighted by molar-refractivity contribution is 0.128. The van der Waals surface area contributed by atoms with E-state index in [0.717, 1.165) is 37.7 Å². The van der Waals surface area contributed by atoms with Crippen molar-refractivity contribution < 1.29 is 9.47 Å². The average molecular weight is 292 g/mol. The maximum absolute atomic E-state index is 5.47. The Morgan fingerprint density at radius 3 is 2.38 bits per heavy atom. The van der Waals surface area contributed by atoms with Gasteiger partial charge in [-0.2, -0.15) is 0 Å². The molecule has 1 aliphatic rings. The van der Waals surface area contributed by atoms with E-state index >= 15 is 0 Å². The van der Waals surface area contributed by atoms with Crippen molar-refractivity contribution in [1.82, 2.24) is 10.2 Å². The first kappa shape index (κ1) is 16.1. The number of nitrogens with zero attached hydrogens (tertiary/aromatic N) is 1. The molecule has 118 valence electrons. The SMILES string of the molecule is CCC(C)[C@H](c1ccc(OC)c(OC)c1)N1CCNCC1. The van der Waals surface area contributed by atoms with Crippen molar-refractivity contribution in [2.24, 2.45) is 5.92 Å². The van der Waals surface area contributed by atoms with Gasteiger partial charge in [0.2, 0.25) is 0 Å². The Labute approximate surface area is 128 Å². The molecule has 4 nitrogen and oxygen atoms in total. The third kappa shape index (κ3) is 3.69. The molecule has 1 aromatic rings. The van der Waals surface area contributed by atoms with Gasteiger partial charge in [0.05, 0.1) is 14.2 Å². The van der Waals surface area contributed by atoms with Crippen LogP contribution in [0, 0.1) is 5.92 Å². The molecule has 2 rings (SSSR count). The molecule has 0 radical (unpaired) electrons. The lowest BCUT2D eigenvalue weighted by Gasteiger charge is -2.38. The summed E-state index contributed by atoms with van der Waals surface area (Å²) in [5, 5.41) is 3.43. The van der Waals surface area contributed by atoms with Crippen molar-refractivity contribution in [3.8, 4) is 11.5 Å². The lowest BCUT2D eigenvalue weighted by atomic mass is 9.90. The Morgan fingerprint density at radius 2 is 1.81 bits per heavy atom. The monoisotopic (exact) mass is 292 g/mol. The third-order valence-electron chi connectivity index (χ3n) is 4.48. The van der Waals surface area contributed by atoms with Crippen LogP contribution in [0.15, 0.2) is 18.2 Å². The van der Waals surface area contributed by atoms with Crippen molar-refractivity contribution >= 4 is 0 Å². The van der Waals surface area contributed by atoms with Crippen LogP contribution in [0.3, 0.4) is 0 Å². The van der Waals surface area contributed by atoms with Crippen LogP contribution in [-0.2, 0) is 0 Å². The van der Waals surface area contributed by atoms with Gasteiger partial charge >= 0.3 is 0 Å². The Hall–Kier alpha value is -1.26. The minimum Gasteiger partial charge on any atom is -0.493 e. The van der Waals surface area contributed by atoms with E-state index in [2.05, 4.69) is 36.2 Å². The van der Waals surface area contributed by atoms with Crippen molar-refractivity contribution in [3.05, 3.63) is 23.8 Å². The molecular weight excluding hydrogens is 264 g/mol. The zero-order valence-corrected chi connectivity index (χ0v) is 13.7. The fraction of sp³-hybridized carbons (Fsp3) is 0.647. The maximum Gasteiger partial charge on any atom is 0.161 e. The van der Waals surface area contributed by atoms with E-state index in [1.807, 2.05) is 6.07 Å². The zero-order valence-electron chi connectivity index (χ0n) is 13.7. The van der Waals surface area contributed by atoms with E-state index in [4.69, 9.17) is 9.47 Å². The second kappa shape index (κ2) is 7.66. The van der Waals surface area contributed by atoms with Gasteiger partial charge in [-0.1, -0.05) is 26.3 Å².